The minimum absolute atomic E-state index is 0.0483. The molecule has 0 heterocycles. The van der Waals surface area contributed by atoms with Gasteiger partial charge in [-0.2, -0.15) is 0 Å². The maximum atomic E-state index is 12.9. The molecule has 7 nitrogen and oxygen atoms in total. The Kier molecular flexibility index (Phi) is 8.18. The molecule has 0 saturated carbocycles. The zero-order chi connectivity index (χ0) is 19.9. The van der Waals surface area contributed by atoms with Gasteiger partial charge in [0.05, 0.1) is 12.6 Å². The summed E-state index contributed by atoms with van der Waals surface area (Å²) in [6.07, 6.45) is 0. The van der Waals surface area contributed by atoms with Crippen molar-refractivity contribution in [2.45, 2.75) is 39.8 Å². The van der Waals surface area contributed by atoms with Crippen molar-refractivity contribution in [1.82, 2.24) is 10.2 Å². The molecule has 4 N–H and O–H groups in total. The fourth-order valence-corrected chi connectivity index (χ4v) is 2.13. The number of nitrogens with zero attached hydrogens (tertiary/aromatic N) is 1. The van der Waals surface area contributed by atoms with Gasteiger partial charge in [0.25, 0.3) is 0 Å². The second-order valence-corrected chi connectivity index (χ2v) is 6.66. The predicted octanol–water partition coefficient (Wildman–Crippen LogP) is 1.10. The minimum atomic E-state index is -0.697. The number of anilines is 1. The molecular formula is C18H27FN4O3. The molecule has 0 radical (unpaired) electrons. The molecule has 0 unspecified atom stereocenters. The SMILES string of the molecule is CC(C)[C@H](N)C(=O)NCC(=O)N(CC(=O)Nc1ccc(F)cc1)C(C)C. The molecule has 1 atom stereocenters. The lowest BCUT2D eigenvalue weighted by Crippen LogP contribution is -2.50. The zero-order valence-electron chi connectivity index (χ0n) is 15.6. The van der Waals surface area contributed by atoms with Gasteiger partial charge in [-0.05, 0) is 44.0 Å². The Morgan fingerprint density at radius 3 is 2.19 bits per heavy atom. The second kappa shape index (κ2) is 9.86. The molecule has 0 bridgehead atoms. The summed E-state index contributed by atoms with van der Waals surface area (Å²) in [5.74, 6) is -1.67. The summed E-state index contributed by atoms with van der Waals surface area (Å²) in [6, 6.07) is 4.39. The molecule has 1 aromatic carbocycles. The van der Waals surface area contributed by atoms with Gasteiger partial charge < -0.3 is 21.3 Å². The number of rotatable bonds is 8. The van der Waals surface area contributed by atoms with E-state index in [9.17, 15) is 18.8 Å². The van der Waals surface area contributed by atoms with Crippen LogP contribution in [-0.4, -0.2) is 47.8 Å². The number of benzene rings is 1. The lowest BCUT2D eigenvalue weighted by molar-refractivity contribution is -0.137. The van der Waals surface area contributed by atoms with Crippen LogP contribution in [0.4, 0.5) is 10.1 Å². The van der Waals surface area contributed by atoms with Crippen LogP contribution in [0.2, 0.25) is 0 Å². The van der Waals surface area contributed by atoms with Gasteiger partial charge in [-0.25, -0.2) is 4.39 Å². The van der Waals surface area contributed by atoms with Gasteiger partial charge in [-0.15, -0.1) is 0 Å². The van der Waals surface area contributed by atoms with Crippen LogP contribution in [0, 0.1) is 11.7 Å². The standard InChI is InChI=1S/C18H27FN4O3/c1-11(2)17(20)18(26)21-9-16(25)23(12(3)4)10-15(24)22-14-7-5-13(19)6-8-14/h5-8,11-12,17H,9-10,20H2,1-4H3,(H,21,26)(H,22,24)/t17-/m0/s1. The first-order valence-corrected chi connectivity index (χ1v) is 8.50. The molecule has 0 saturated heterocycles. The molecule has 0 fully saturated rings. The molecule has 0 spiro atoms. The number of nitrogens with two attached hydrogens (primary N) is 1. The lowest BCUT2D eigenvalue weighted by atomic mass is 10.1. The van der Waals surface area contributed by atoms with E-state index >= 15 is 0 Å². The highest BCUT2D eigenvalue weighted by Crippen LogP contribution is 2.09. The molecule has 1 rings (SSSR count). The van der Waals surface area contributed by atoms with Gasteiger partial charge >= 0.3 is 0 Å². The van der Waals surface area contributed by atoms with E-state index in [1.54, 1.807) is 13.8 Å². The van der Waals surface area contributed by atoms with E-state index in [1.165, 1.54) is 29.2 Å². The molecule has 0 aliphatic heterocycles. The van der Waals surface area contributed by atoms with E-state index in [2.05, 4.69) is 10.6 Å². The van der Waals surface area contributed by atoms with Gasteiger partial charge in [0, 0.05) is 11.7 Å². The van der Waals surface area contributed by atoms with Crippen molar-refractivity contribution in [3.63, 3.8) is 0 Å². The van der Waals surface area contributed by atoms with E-state index in [1.807, 2.05) is 13.8 Å². The van der Waals surface area contributed by atoms with Gasteiger partial charge in [-0.1, -0.05) is 13.8 Å². The van der Waals surface area contributed by atoms with Crippen LogP contribution >= 0.6 is 0 Å². The smallest absolute Gasteiger partial charge is 0.244 e. The van der Waals surface area contributed by atoms with Crippen LogP contribution in [0.25, 0.3) is 0 Å². The van der Waals surface area contributed by atoms with E-state index in [0.29, 0.717) is 5.69 Å². The number of hydrogen-bond donors (Lipinski definition) is 3. The van der Waals surface area contributed by atoms with Crippen molar-refractivity contribution in [2.24, 2.45) is 11.7 Å². The number of carbonyl (C=O) groups excluding carboxylic acids is 3. The molecule has 0 aliphatic carbocycles. The van der Waals surface area contributed by atoms with Crippen molar-refractivity contribution in [2.75, 3.05) is 18.4 Å². The lowest BCUT2D eigenvalue weighted by Gasteiger charge is -2.26. The number of halogens is 1. The molecular weight excluding hydrogens is 339 g/mol. The van der Waals surface area contributed by atoms with E-state index in [-0.39, 0.29) is 25.0 Å². The second-order valence-electron chi connectivity index (χ2n) is 6.66. The fraction of sp³-hybridized carbons (Fsp3) is 0.500. The highest BCUT2D eigenvalue weighted by atomic mass is 19.1. The molecule has 1 aromatic rings. The summed E-state index contributed by atoms with van der Waals surface area (Å²) in [5.41, 5.74) is 6.17. The third-order valence-corrected chi connectivity index (χ3v) is 3.82. The third kappa shape index (κ3) is 6.79. The van der Waals surface area contributed by atoms with Crippen LogP contribution < -0.4 is 16.4 Å². The van der Waals surface area contributed by atoms with Gasteiger partial charge in [0.1, 0.15) is 12.4 Å². The Bertz CT molecular complexity index is 632. The number of carbonyl (C=O) groups is 3. The highest BCUT2D eigenvalue weighted by Gasteiger charge is 2.23. The van der Waals surface area contributed by atoms with Crippen LogP contribution in [0.1, 0.15) is 27.7 Å². The molecule has 0 aromatic heterocycles. The van der Waals surface area contributed by atoms with E-state index < -0.39 is 29.6 Å². The van der Waals surface area contributed by atoms with E-state index in [4.69, 9.17) is 5.73 Å². The number of amides is 3. The topological polar surface area (TPSA) is 105 Å². The summed E-state index contributed by atoms with van der Waals surface area (Å²) >= 11 is 0. The maximum absolute atomic E-state index is 12.9. The quantitative estimate of drug-likeness (QED) is 0.641. The van der Waals surface area contributed by atoms with Crippen LogP contribution in [0.15, 0.2) is 24.3 Å². The summed E-state index contributed by atoms with van der Waals surface area (Å²) < 4.78 is 12.9. The largest absolute Gasteiger partial charge is 0.346 e. The van der Waals surface area contributed by atoms with Gasteiger partial charge in [0.2, 0.25) is 17.7 Å². The van der Waals surface area contributed by atoms with Crippen molar-refractivity contribution >= 4 is 23.4 Å². The molecule has 8 heteroatoms. The van der Waals surface area contributed by atoms with Crippen LogP contribution in [0.3, 0.4) is 0 Å². The Balaban J connectivity index is 2.61. The Morgan fingerprint density at radius 2 is 1.69 bits per heavy atom. The van der Waals surface area contributed by atoms with Crippen LogP contribution in [-0.2, 0) is 14.4 Å². The monoisotopic (exact) mass is 366 g/mol. The molecule has 26 heavy (non-hydrogen) atoms. The zero-order valence-corrected chi connectivity index (χ0v) is 15.6. The van der Waals surface area contributed by atoms with Gasteiger partial charge in [-0.3, -0.25) is 14.4 Å². The summed E-state index contributed by atoms with van der Waals surface area (Å²) in [6.45, 7) is 6.75. The average molecular weight is 366 g/mol. The summed E-state index contributed by atoms with van der Waals surface area (Å²) in [4.78, 5) is 37.7. The van der Waals surface area contributed by atoms with Gasteiger partial charge in [0.15, 0.2) is 0 Å². The normalized spacial score (nSPS) is 12.0. The van der Waals surface area contributed by atoms with E-state index in [0.717, 1.165) is 0 Å². The molecule has 144 valence electrons. The third-order valence-electron chi connectivity index (χ3n) is 3.82. The average Bonchev–Trinajstić information content (AvgIpc) is 2.58. The summed E-state index contributed by atoms with van der Waals surface area (Å²) in [5, 5.41) is 5.10. The first kappa shape index (κ1) is 21.6. The fourth-order valence-electron chi connectivity index (χ4n) is 2.13. The predicted molar refractivity (Wildman–Crippen MR) is 97.7 cm³/mol. The maximum Gasteiger partial charge on any atom is 0.244 e. The van der Waals surface area contributed by atoms with Crippen molar-refractivity contribution in [1.29, 1.82) is 0 Å². The Labute approximate surface area is 153 Å². The minimum Gasteiger partial charge on any atom is -0.346 e. The number of nitrogens with one attached hydrogen (secondary N) is 2. The number of hydrogen-bond acceptors (Lipinski definition) is 4. The summed E-state index contributed by atoms with van der Waals surface area (Å²) in [7, 11) is 0. The first-order chi connectivity index (χ1) is 12.1. The Hall–Kier alpha value is -2.48. The van der Waals surface area contributed by atoms with Crippen molar-refractivity contribution in [3.8, 4) is 0 Å². The van der Waals surface area contributed by atoms with Crippen molar-refractivity contribution < 1.29 is 18.8 Å². The Morgan fingerprint density at radius 1 is 1.12 bits per heavy atom. The first-order valence-electron chi connectivity index (χ1n) is 8.50. The molecule has 3 amide bonds. The van der Waals surface area contributed by atoms with Crippen LogP contribution in [0.5, 0.6) is 0 Å². The van der Waals surface area contributed by atoms with Crippen molar-refractivity contribution in [3.05, 3.63) is 30.1 Å². The highest BCUT2D eigenvalue weighted by molar-refractivity contribution is 5.95. The molecule has 0 aliphatic rings.